The predicted octanol–water partition coefficient (Wildman–Crippen LogP) is 2.85. The molecule has 1 atom stereocenters. The van der Waals surface area contributed by atoms with Crippen LogP contribution in [0.3, 0.4) is 0 Å². The molecule has 0 saturated heterocycles. The lowest BCUT2D eigenvalue weighted by molar-refractivity contribution is 0.506. The maximum atomic E-state index is 4.68. The van der Waals surface area contributed by atoms with E-state index < -0.39 is 0 Å². The Bertz CT molecular complexity index is 587. The van der Waals surface area contributed by atoms with Crippen molar-refractivity contribution in [3.05, 3.63) is 34.1 Å². The molecule has 0 aliphatic carbocycles. The largest absolute Gasteiger partial charge is 0.340 e. The fourth-order valence-corrected chi connectivity index (χ4v) is 3.27. The third kappa shape index (κ3) is 3.55. The molecule has 0 saturated carbocycles. The molecule has 0 amide bonds. The normalized spacial score (nSPS) is 12.8. The van der Waals surface area contributed by atoms with Crippen molar-refractivity contribution < 1.29 is 0 Å². The molecule has 21 heavy (non-hydrogen) atoms. The number of likely N-dealkylation sites (N-methyl/N-ethyl adjacent to an activating group) is 1. The molecule has 0 aliphatic rings. The highest BCUT2D eigenvalue weighted by Gasteiger charge is 2.20. The van der Waals surface area contributed by atoms with Crippen LogP contribution in [0.1, 0.15) is 43.9 Å². The van der Waals surface area contributed by atoms with E-state index in [4.69, 9.17) is 0 Å². The van der Waals surface area contributed by atoms with Gasteiger partial charge in [0.25, 0.3) is 0 Å². The van der Waals surface area contributed by atoms with Gasteiger partial charge in [0.15, 0.2) is 0 Å². The van der Waals surface area contributed by atoms with E-state index in [2.05, 4.69) is 63.0 Å². The van der Waals surface area contributed by atoms with E-state index in [1.165, 1.54) is 5.69 Å². The number of aromatic nitrogens is 4. The number of hydrogen-bond donors (Lipinski definition) is 1. The summed E-state index contributed by atoms with van der Waals surface area (Å²) < 4.78 is 5.23. The van der Waals surface area contributed by atoms with E-state index in [1.54, 1.807) is 0 Å². The minimum Gasteiger partial charge on any atom is -0.340 e. The summed E-state index contributed by atoms with van der Waals surface area (Å²) in [7, 11) is 2.00. The van der Waals surface area contributed by atoms with Crippen LogP contribution in [0, 0.1) is 0 Å². The van der Waals surface area contributed by atoms with Crippen molar-refractivity contribution in [3.8, 4) is 0 Å². The van der Waals surface area contributed by atoms with Crippen molar-refractivity contribution >= 4 is 15.9 Å². The first-order chi connectivity index (χ1) is 10.1. The maximum absolute atomic E-state index is 4.68. The Morgan fingerprint density at radius 2 is 2.10 bits per heavy atom. The van der Waals surface area contributed by atoms with E-state index in [0.29, 0.717) is 0 Å². The number of rotatable bonds is 7. The average Bonchev–Trinajstić information content (AvgIpc) is 3.03. The van der Waals surface area contributed by atoms with Gasteiger partial charge in [-0.2, -0.15) is 5.10 Å². The number of aryl methyl sites for hydroxylation is 3. The van der Waals surface area contributed by atoms with Gasteiger partial charge in [0.1, 0.15) is 0 Å². The Labute approximate surface area is 134 Å². The molecule has 2 aromatic rings. The fourth-order valence-electron chi connectivity index (χ4n) is 2.55. The van der Waals surface area contributed by atoms with E-state index in [9.17, 15) is 0 Å². The molecule has 0 bridgehead atoms. The van der Waals surface area contributed by atoms with E-state index in [0.717, 1.165) is 41.8 Å². The third-order valence-corrected chi connectivity index (χ3v) is 4.54. The smallest absolute Gasteiger partial charge is 0.0947 e. The van der Waals surface area contributed by atoms with Crippen LogP contribution in [0.4, 0.5) is 0 Å². The zero-order chi connectivity index (χ0) is 15.4. The van der Waals surface area contributed by atoms with Crippen molar-refractivity contribution in [3.63, 3.8) is 0 Å². The van der Waals surface area contributed by atoms with Crippen LogP contribution in [0.2, 0.25) is 0 Å². The third-order valence-electron chi connectivity index (χ3n) is 3.62. The highest BCUT2D eigenvalue weighted by atomic mass is 79.9. The Hall–Kier alpha value is -1.14. The van der Waals surface area contributed by atoms with Crippen LogP contribution in [0.25, 0.3) is 0 Å². The average molecular weight is 354 g/mol. The summed E-state index contributed by atoms with van der Waals surface area (Å²) >= 11 is 3.72. The van der Waals surface area contributed by atoms with Gasteiger partial charge in [0.2, 0.25) is 0 Å². The molecule has 116 valence electrons. The SMILES string of the molecule is CCNC(Cc1c(Br)c(CC)nn1CC)c1cn(C)cn1. The molecule has 0 fully saturated rings. The van der Waals surface area contributed by atoms with Gasteiger partial charge in [-0.15, -0.1) is 0 Å². The Morgan fingerprint density at radius 3 is 2.62 bits per heavy atom. The quantitative estimate of drug-likeness (QED) is 0.832. The van der Waals surface area contributed by atoms with E-state index >= 15 is 0 Å². The molecular weight excluding hydrogens is 330 g/mol. The highest BCUT2D eigenvalue weighted by molar-refractivity contribution is 9.10. The molecule has 0 spiro atoms. The summed E-state index contributed by atoms with van der Waals surface area (Å²) in [4.78, 5) is 4.50. The second-order valence-corrected chi connectivity index (χ2v) is 5.95. The lowest BCUT2D eigenvalue weighted by atomic mass is 10.1. The van der Waals surface area contributed by atoms with Gasteiger partial charge in [-0.1, -0.05) is 13.8 Å². The van der Waals surface area contributed by atoms with Crippen LogP contribution >= 0.6 is 15.9 Å². The Morgan fingerprint density at radius 1 is 1.33 bits per heavy atom. The summed E-state index contributed by atoms with van der Waals surface area (Å²) in [6, 6.07) is 0.208. The standard InChI is InChI=1S/C15H24BrN5/c1-5-11-15(16)14(21(7-3)19-11)8-12(17-6-2)13-9-20(4)10-18-13/h9-10,12,17H,5-8H2,1-4H3. The molecule has 5 nitrogen and oxygen atoms in total. The first kappa shape index (κ1) is 16.2. The van der Waals surface area contributed by atoms with Crippen LogP contribution in [0.5, 0.6) is 0 Å². The van der Waals surface area contributed by atoms with Crippen molar-refractivity contribution in [1.82, 2.24) is 24.6 Å². The van der Waals surface area contributed by atoms with Gasteiger partial charge in [-0.3, -0.25) is 4.68 Å². The lowest BCUT2D eigenvalue weighted by Gasteiger charge is -2.16. The molecule has 6 heteroatoms. The molecule has 2 rings (SSSR count). The van der Waals surface area contributed by atoms with Gasteiger partial charge in [0.05, 0.1) is 33.9 Å². The molecule has 2 aromatic heterocycles. The van der Waals surface area contributed by atoms with Crippen LogP contribution in [-0.4, -0.2) is 25.9 Å². The molecule has 0 aliphatic heterocycles. The fraction of sp³-hybridized carbons (Fsp3) is 0.600. The summed E-state index contributed by atoms with van der Waals surface area (Å²) in [5, 5.41) is 8.20. The van der Waals surface area contributed by atoms with E-state index in [-0.39, 0.29) is 6.04 Å². The number of imidazole rings is 1. The van der Waals surface area contributed by atoms with Crippen LogP contribution in [0.15, 0.2) is 17.0 Å². The van der Waals surface area contributed by atoms with Crippen LogP contribution in [-0.2, 0) is 26.4 Å². The highest BCUT2D eigenvalue weighted by Crippen LogP contribution is 2.27. The molecule has 2 heterocycles. The summed E-state index contributed by atoms with van der Waals surface area (Å²) in [6.07, 6.45) is 5.75. The van der Waals surface area contributed by atoms with Gasteiger partial charge in [0, 0.05) is 26.2 Å². The first-order valence-electron chi connectivity index (χ1n) is 7.55. The summed E-state index contributed by atoms with van der Waals surface area (Å²) in [6.45, 7) is 8.19. The number of nitrogens with one attached hydrogen (secondary N) is 1. The molecule has 0 aromatic carbocycles. The monoisotopic (exact) mass is 353 g/mol. The van der Waals surface area contributed by atoms with Crippen molar-refractivity contribution in [2.24, 2.45) is 7.05 Å². The Kier molecular flexibility index (Phi) is 5.58. The van der Waals surface area contributed by atoms with Crippen molar-refractivity contribution in [2.45, 2.75) is 46.2 Å². The summed E-state index contributed by atoms with van der Waals surface area (Å²) in [5.41, 5.74) is 3.45. The van der Waals surface area contributed by atoms with Crippen LogP contribution < -0.4 is 5.32 Å². The number of hydrogen-bond acceptors (Lipinski definition) is 3. The second kappa shape index (κ2) is 7.22. The van der Waals surface area contributed by atoms with E-state index in [1.807, 2.05) is 17.9 Å². The van der Waals surface area contributed by atoms with Crippen molar-refractivity contribution in [2.75, 3.05) is 6.54 Å². The number of nitrogens with zero attached hydrogens (tertiary/aromatic N) is 4. The lowest BCUT2D eigenvalue weighted by Crippen LogP contribution is -2.24. The minimum atomic E-state index is 0.208. The predicted molar refractivity (Wildman–Crippen MR) is 88.3 cm³/mol. The van der Waals surface area contributed by atoms with Gasteiger partial charge < -0.3 is 9.88 Å². The summed E-state index contributed by atoms with van der Waals surface area (Å²) in [5.74, 6) is 0. The molecule has 0 radical (unpaired) electrons. The van der Waals surface area contributed by atoms with Crippen molar-refractivity contribution in [1.29, 1.82) is 0 Å². The number of halogens is 1. The zero-order valence-electron chi connectivity index (χ0n) is 13.2. The minimum absolute atomic E-state index is 0.208. The topological polar surface area (TPSA) is 47.7 Å². The maximum Gasteiger partial charge on any atom is 0.0947 e. The first-order valence-corrected chi connectivity index (χ1v) is 8.35. The molecule has 1 unspecified atom stereocenters. The molecular formula is C15H24BrN5. The van der Waals surface area contributed by atoms with Gasteiger partial charge >= 0.3 is 0 Å². The second-order valence-electron chi connectivity index (χ2n) is 5.16. The molecule has 1 N–H and O–H groups in total. The Balaban J connectivity index is 2.30. The zero-order valence-corrected chi connectivity index (χ0v) is 14.8. The van der Waals surface area contributed by atoms with Gasteiger partial charge in [-0.05, 0) is 35.8 Å². The van der Waals surface area contributed by atoms with Gasteiger partial charge in [-0.25, -0.2) is 4.98 Å².